The average molecular weight is 540 g/mol. The number of aryl methyl sites for hydroxylation is 3. The number of likely N-dealkylation sites (tertiary alicyclic amines) is 1. The summed E-state index contributed by atoms with van der Waals surface area (Å²) in [6, 6.07) is 13.9. The standard InChI is InChI=1S/C32H31F2N5O/c1-21-4-3-5-23(14-21)31-30(40-27-8-11-38(2)12-9-27)15-22(19-36-31)6-7-28-32-37-20-29(39(32)13-10-35-28)24-16-25(33)18-26(34)17-24/h3-5,10,13-20,27H,6-9,11-12H2,1-2H3. The second-order valence-corrected chi connectivity index (χ2v) is 10.5. The highest BCUT2D eigenvalue weighted by Gasteiger charge is 2.21. The Hall–Kier alpha value is -4.17. The molecule has 5 aromatic rings. The SMILES string of the molecule is Cc1cccc(-c2ncc(CCc3nccn4c(-c5cc(F)cc(F)c5)cnc34)cc2OC2CCN(C)CC2)c1. The van der Waals surface area contributed by atoms with Crippen LogP contribution in [0.2, 0.25) is 0 Å². The Balaban J connectivity index is 1.27. The lowest BCUT2D eigenvalue weighted by Crippen LogP contribution is -2.35. The van der Waals surface area contributed by atoms with Gasteiger partial charge in [0.1, 0.15) is 29.2 Å². The number of hydrogen-bond donors (Lipinski definition) is 0. The minimum Gasteiger partial charge on any atom is -0.488 e. The first-order valence-corrected chi connectivity index (χ1v) is 13.6. The molecule has 8 heteroatoms. The highest BCUT2D eigenvalue weighted by atomic mass is 19.1. The summed E-state index contributed by atoms with van der Waals surface area (Å²) in [4.78, 5) is 16.3. The second-order valence-electron chi connectivity index (χ2n) is 10.5. The number of benzene rings is 2. The first-order valence-electron chi connectivity index (χ1n) is 13.6. The summed E-state index contributed by atoms with van der Waals surface area (Å²) in [5, 5.41) is 0. The molecule has 1 aliphatic rings. The van der Waals surface area contributed by atoms with Crippen LogP contribution in [-0.4, -0.2) is 50.5 Å². The number of fused-ring (bicyclic) bond motifs is 1. The molecule has 40 heavy (non-hydrogen) atoms. The fraction of sp³-hybridized carbons (Fsp3) is 0.281. The van der Waals surface area contributed by atoms with Gasteiger partial charge in [0.25, 0.3) is 0 Å². The minimum absolute atomic E-state index is 0.156. The van der Waals surface area contributed by atoms with Gasteiger partial charge in [-0.1, -0.05) is 23.8 Å². The molecule has 0 spiro atoms. The van der Waals surface area contributed by atoms with E-state index in [0.29, 0.717) is 29.7 Å². The van der Waals surface area contributed by atoms with E-state index in [0.717, 1.165) is 60.3 Å². The molecule has 1 saturated heterocycles. The molecule has 1 aliphatic heterocycles. The molecule has 0 bridgehead atoms. The Bertz CT molecular complexity index is 1640. The highest BCUT2D eigenvalue weighted by molar-refractivity contribution is 5.67. The molecule has 204 valence electrons. The molecule has 0 radical (unpaired) electrons. The third-order valence-electron chi connectivity index (χ3n) is 7.47. The Labute approximate surface area is 232 Å². The van der Waals surface area contributed by atoms with Crippen LogP contribution in [-0.2, 0) is 12.8 Å². The topological polar surface area (TPSA) is 55.6 Å². The van der Waals surface area contributed by atoms with Crippen LogP contribution in [0.5, 0.6) is 5.75 Å². The molecule has 0 amide bonds. The van der Waals surface area contributed by atoms with Crippen LogP contribution in [0.4, 0.5) is 8.78 Å². The first kappa shape index (κ1) is 26.1. The molecule has 0 aliphatic carbocycles. The van der Waals surface area contributed by atoms with Gasteiger partial charge in [-0.25, -0.2) is 13.8 Å². The number of rotatable bonds is 7. The lowest BCUT2D eigenvalue weighted by molar-refractivity contribution is 0.114. The summed E-state index contributed by atoms with van der Waals surface area (Å²) in [6.45, 7) is 4.11. The van der Waals surface area contributed by atoms with Crippen molar-refractivity contribution in [2.45, 2.75) is 38.7 Å². The number of pyridine rings is 1. The Morgan fingerprint density at radius 3 is 2.48 bits per heavy atom. The van der Waals surface area contributed by atoms with E-state index in [2.05, 4.69) is 53.1 Å². The normalized spacial score (nSPS) is 14.6. The van der Waals surface area contributed by atoms with Crippen molar-refractivity contribution in [3.63, 3.8) is 0 Å². The van der Waals surface area contributed by atoms with Gasteiger partial charge >= 0.3 is 0 Å². The van der Waals surface area contributed by atoms with E-state index in [4.69, 9.17) is 9.72 Å². The van der Waals surface area contributed by atoms with Gasteiger partial charge in [0.05, 0.1) is 17.6 Å². The van der Waals surface area contributed by atoms with Gasteiger partial charge in [-0.15, -0.1) is 0 Å². The molecular formula is C32H31F2N5O. The first-order chi connectivity index (χ1) is 19.4. The molecule has 2 aromatic carbocycles. The molecule has 1 fully saturated rings. The van der Waals surface area contributed by atoms with Crippen molar-refractivity contribution in [3.05, 3.63) is 102 Å². The van der Waals surface area contributed by atoms with Gasteiger partial charge in [-0.05, 0) is 69.5 Å². The zero-order valence-corrected chi connectivity index (χ0v) is 22.6. The van der Waals surface area contributed by atoms with Crippen molar-refractivity contribution in [1.29, 1.82) is 0 Å². The van der Waals surface area contributed by atoms with Gasteiger partial charge < -0.3 is 9.64 Å². The molecule has 6 nitrogen and oxygen atoms in total. The summed E-state index contributed by atoms with van der Waals surface area (Å²) in [5.74, 6) is -0.446. The zero-order chi connectivity index (χ0) is 27.6. The maximum Gasteiger partial charge on any atom is 0.159 e. The minimum atomic E-state index is -0.626. The Morgan fingerprint density at radius 2 is 1.70 bits per heavy atom. The molecule has 0 N–H and O–H groups in total. The molecule has 0 unspecified atom stereocenters. The molecule has 6 rings (SSSR count). The van der Waals surface area contributed by atoms with Gasteiger partial charge in [0.15, 0.2) is 5.65 Å². The van der Waals surface area contributed by atoms with Crippen LogP contribution in [0, 0.1) is 18.6 Å². The maximum absolute atomic E-state index is 13.9. The summed E-state index contributed by atoms with van der Waals surface area (Å²) in [5.41, 5.74) is 6.60. The van der Waals surface area contributed by atoms with Crippen molar-refractivity contribution >= 4 is 5.65 Å². The summed E-state index contributed by atoms with van der Waals surface area (Å²) < 4.78 is 36.1. The van der Waals surface area contributed by atoms with E-state index in [1.165, 1.54) is 17.7 Å². The summed E-state index contributed by atoms with van der Waals surface area (Å²) in [6.07, 6.45) is 10.4. The number of hydrogen-bond acceptors (Lipinski definition) is 5. The molecule has 0 saturated carbocycles. The number of aromatic nitrogens is 4. The largest absolute Gasteiger partial charge is 0.488 e. The molecular weight excluding hydrogens is 508 g/mol. The quantitative estimate of drug-likeness (QED) is 0.243. The third-order valence-corrected chi connectivity index (χ3v) is 7.47. The van der Waals surface area contributed by atoms with Crippen LogP contribution in [0.1, 0.15) is 29.7 Å². The predicted octanol–water partition coefficient (Wildman–Crippen LogP) is 6.30. The number of halogens is 2. The van der Waals surface area contributed by atoms with E-state index in [1.807, 2.05) is 16.7 Å². The van der Waals surface area contributed by atoms with Crippen LogP contribution in [0.3, 0.4) is 0 Å². The second kappa shape index (κ2) is 11.1. The fourth-order valence-corrected chi connectivity index (χ4v) is 5.33. The maximum atomic E-state index is 13.9. The fourth-order valence-electron chi connectivity index (χ4n) is 5.33. The van der Waals surface area contributed by atoms with Crippen molar-refractivity contribution < 1.29 is 13.5 Å². The van der Waals surface area contributed by atoms with E-state index in [-0.39, 0.29) is 6.10 Å². The van der Waals surface area contributed by atoms with Gasteiger partial charge in [0, 0.05) is 48.9 Å². The summed E-state index contributed by atoms with van der Waals surface area (Å²) in [7, 11) is 2.14. The van der Waals surface area contributed by atoms with Crippen molar-refractivity contribution in [1.82, 2.24) is 24.3 Å². The number of piperidine rings is 1. The number of imidazole rings is 1. The zero-order valence-electron chi connectivity index (χ0n) is 22.6. The highest BCUT2D eigenvalue weighted by Crippen LogP contribution is 2.32. The molecule has 3 aromatic heterocycles. The van der Waals surface area contributed by atoms with E-state index in [1.54, 1.807) is 18.6 Å². The lowest BCUT2D eigenvalue weighted by atomic mass is 10.0. The smallest absolute Gasteiger partial charge is 0.159 e. The van der Waals surface area contributed by atoms with Crippen molar-refractivity contribution in [2.24, 2.45) is 0 Å². The number of ether oxygens (including phenoxy) is 1. The van der Waals surface area contributed by atoms with Crippen LogP contribution < -0.4 is 4.74 Å². The van der Waals surface area contributed by atoms with Gasteiger partial charge in [0.2, 0.25) is 0 Å². The lowest BCUT2D eigenvalue weighted by Gasteiger charge is -2.30. The third kappa shape index (κ3) is 5.58. The predicted molar refractivity (Wildman–Crippen MR) is 151 cm³/mol. The molecule has 0 atom stereocenters. The van der Waals surface area contributed by atoms with Crippen molar-refractivity contribution in [3.8, 4) is 28.3 Å². The Morgan fingerprint density at radius 1 is 0.900 bits per heavy atom. The monoisotopic (exact) mass is 539 g/mol. The van der Waals surface area contributed by atoms with Crippen molar-refractivity contribution in [2.75, 3.05) is 20.1 Å². The summed E-state index contributed by atoms with van der Waals surface area (Å²) >= 11 is 0. The number of nitrogens with zero attached hydrogens (tertiary/aromatic N) is 5. The average Bonchev–Trinajstić information content (AvgIpc) is 3.38. The van der Waals surface area contributed by atoms with E-state index in [9.17, 15) is 8.78 Å². The van der Waals surface area contributed by atoms with Gasteiger partial charge in [-0.3, -0.25) is 14.4 Å². The van der Waals surface area contributed by atoms with E-state index >= 15 is 0 Å². The van der Waals surface area contributed by atoms with Gasteiger partial charge in [-0.2, -0.15) is 0 Å². The van der Waals surface area contributed by atoms with E-state index < -0.39 is 11.6 Å². The van der Waals surface area contributed by atoms with Crippen LogP contribution in [0.25, 0.3) is 28.2 Å². The Kier molecular flexibility index (Phi) is 7.26. The van der Waals surface area contributed by atoms with Crippen LogP contribution >= 0.6 is 0 Å². The van der Waals surface area contributed by atoms with Crippen LogP contribution in [0.15, 0.2) is 73.3 Å². The molecule has 4 heterocycles.